The van der Waals surface area contributed by atoms with Gasteiger partial charge in [0.05, 0.1) is 13.7 Å². The molecule has 0 unspecified atom stereocenters. The van der Waals surface area contributed by atoms with Crippen LogP contribution < -0.4 is 0 Å². The molecular formula is C17H26N2O3S. The summed E-state index contributed by atoms with van der Waals surface area (Å²) in [7, 11) is 1.35. The Labute approximate surface area is 142 Å². The molecule has 0 saturated heterocycles. The maximum atomic E-state index is 12.7. The zero-order chi connectivity index (χ0) is 16.8. The molecule has 128 valence electrons. The number of aromatic nitrogens is 1. The van der Waals surface area contributed by atoms with E-state index in [1.165, 1.54) is 37.7 Å². The van der Waals surface area contributed by atoms with Crippen LogP contribution in [0, 0.1) is 5.92 Å². The second-order valence-electron chi connectivity index (χ2n) is 6.53. The molecule has 0 N–H and O–H groups in total. The minimum Gasteiger partial charge on any atom is -0.464 e. The van der Waals surface area contributed by atoms with Gasteiger partial charge < -0.3 is 9.64 Å². The molecule has 5 nitrogen and oxygen atoms in total. The van der Waals surface area contributed by atoms with Crippen molar-refractivity contribution < 1.29 is 14.3 Å². The first-order valence-electron chi connectivity index (χ1n) is 8.33. The number of thiazole rings is 1. The van der Waals surface area contributed by atoms with E-state index < -0.39 is 5.97 Å². The molecule has 0 spiro atoms. The van der Waals surface area contributed by atoms with Crippen molar-refractivity contribution in [2.24, 2.45) is 5.92 Å². The Hall–Kier alpha value is -1.43. The number of carbonyl (C=O) groups is 2. The average molecular weight is 338 g/mol. The molecule has 0 aromatic carbocycles. The van der Waals surface area contributed by atoms with Crippen molar-refractivity contribution in [3.05, 3.63) is 16.1 Å². The van der Waals surface area contributed by atoms with Crippen molar-refractivity contribution in [1.29, 1.82) is 0 Å². The van der Waals surface area contributed by atoms with Gasteiger partial charge in [-0.1, -0.05) is 33.1 Å². The predicted octanol–water partition coefficient (Wildman–Crippen LogP) is 3.64. The Kier molecular flexibility index (Phi) is 6.57. The first-order chi connectivity index (χ1) is 11.0. The van der Waals surface area contributed by atoms with Crippen LogP contribution in [0.2, 0.25) is 0 Å². The molecule has 1 fully saturated rings. The summed E-state index contributed by atoms with van der Waals surface area (Å²) in [4.78, 5) is 30.5. The second kappa shape index (κ2) is 8.43. The van der Waals surface area contributed by atoms with Crippen molar-refractivity contribution in [2.45, 2.75) is 65.0 Å². The van der Waals surface area contributed by atoms with E-state index in [1.54, 1.807) is 5.38 Å². The summed E-state index contributed by atoms with van der Waals surface area (Å²) < 4.78 is 4.70. The topological polar surface area (TPSA) is 59.5 Å². The lowest BCUT2D eigenvalue weighted by Crippen LogP contribution is -2.41. The number of hydrogen-bond donors (Lipinski definition) is 0. The van der Waals surface area contributed by atoms with Gasteiger partial charge in [-0.05, 0) is 18.8 Å². The van der Waals surface area contributed by atoms with Crippen LogP contribution in [-0.4, -0.2) is 34.9 Å². The van der Waals surface area contributed by atoms with Gasteiger partial charge >= 0.3 is 5.97 Å². The second-order valence-corrected chi connectivity index (χ2v) is 7.47. The molecule has 1 heterocycles. The molecule has 6 heteroatoms. The van der Waals surface area contributed by atoms with E-state index in [2.05, 4.69) is 18.8 Å². The number of methoxy groups -OCH3 is 1. The standard InChI is InChI=1S/C17H26N2O3S/c1-12(2)9-16(20)19(13-7-5-4-6-8-13)10-15-18-14(11-23-15)17(21)22-3/h11-13H,4-10H2,1-3H3. The Balaban J connectivity index is 2.11. The van der Waals surface area contributed by atoms with Crippen molar-refractivity contribution >= 4 is 23.2 Å². The Morgan fingerprint density at radius 2 is 2.04 bits per heavy atom. The summed E-state index contributed by atoms with van der Waals surface area (Å²) >= 11 is 1.42. The number of esters is 1. The molecule has 0 atom stereocenters. The summed E-state index contributed by atoms with van der Waals surface area (Å²) in [5.41, 5.74) is 0.326. The van der Waals surface area contributed by atoms with E-state index >= 15 is 0 Å². The summed E-state index contributed by atoms with van der Waals surface area (Å²) in [6.45, 7) is 4.63. The van der Waals surface area contributed by atoms with Crippen LogP contribution in [0.3, 0.4) is 0 Å². The molecule has 2 rings (SSSR count). The lowest BCUT2D eigenvalue weighted by atomic mass is 9.93. The molecule has 0 radical (unpaired) electrons. The molecular weight excluding hydrogens is 312 g/mol. The van der Waals surface area contributed by atoms with Crippen molar-refractivity contribution in [1.82, 2.24) is 9.88 Å². The number of nitrogens with zero attached hydrogens (tertiary/aromatic N) is 2. The minimum absolute atomic E-state index is 0.196. The molecule has 1 aliphatic rings. The third-order valence-corrected chi connectivity index (χ3v) is 5.00. The fourth-order valence-corrected chi connectivity index (χ4v) is 3.77. The third-order valence-electron chi connectivity index (χ3n) is 4.17. The van der Waals surface area contributed by atoms with Crippen molar-refractivity contribution in [3.8, 4) is 0 Å². The number of rotatable bonds is 6. The summed E-state index contributed by atoms with van der Waals surface area (Å²) in [5, 5.41) is 2.50. The molecule has 0 bridgehead atoms. The van der Waals surface area contributed by atoms with E-state index in [9.17, 15) is 9.59 Å². The smallest absolute Gasteiger partial charge is 0.357 e. The van der Waals surface area contributed by atoms with Gasteiger partial charge in [-0.25, -0.2) is 9.78 Å². The zero-order valence-corrected chi connectivity index (χ0v) is 15.0. The van der Waals surface area contributed by atoms with Gasteiger partial charge in [0.2, 0.25) is 5.91 Å². The van der Waals surface area contributed by atoms with E-state index in [0.29, 0.717) is 30.6 Å². The predicted molar refractivity (Wildman–Crippen MR) is 90.3 cm³/mol. The molecule has 1 amide bonds. The van der Waals surface area contributed by atoms with E-state index in [-0.39, 0.29) is 5.91 Å². The highest BCUT2D eigenvalue weighted by Gasteiger charge is 2.27. The summed E-state index contributed by atoms with van der Waals surface area (Å²) in [6, 6.07) is 0.306. The number of hydrogen-bond acceptors (Lipinski definition) is 5. The van der Waals surface area contributed by atoms with E-state index in [1.807, 2.05) is 4.90 Å². The fourth-order valence-electron chi connectivity index (χ4n) is 3.01. The van der Waals surface area contributed by atoms with Crippen LogP contribution in [0.15, 0.2) is 5.38 Å². The first kappa shape index (κ1) is 17.9. The van der Waals surface area contributed by atoms with Gasteiger partial charge in [0.15, 0.2) is 5.69 Å². The van der Waals surface area contributed by atoms with Crippen molar-refractivity contribution in [2.75, 3.05) is 7.11 Å². The monoisotopic (exact) mass is 338 g/mol. The Morgan fingerprint density at radius 1 is 1.35 bits per heavy atom. The minimum atomic E-state index is -0.426. The Bertz CT molecular complexity index is 536. The SMILES string of the molecule is COC(=O)c1csc(CN(C(=O)CC(C)C)C2CCCCC2)n1. The molecule has 1 aliphatic carbocycles. The maximum absolute atomic E-state index is 12.7. The normalized spacial score (nSPS) is 15.7. The first-order valence-corrected chi connectivity index (χ1v) is 9.21. The third kappa shape index (κ3) is 5.03. The van der Waals surface area contributed by atoms with Gasteiger partial charge in [0.25, 0.3) is 0 Å². The lowest BCUT2D eigenvalue weighted by molar-refractivity contribution is -0.135. The van der Waals surface area contributed by atoms with Gasteiger partial charge in [-0.2, -0.15) is 0 Å². The van der Waals surface area contributed by atoms with Gasteiger partial charge in [0, 0.05) is 17.8 Å². The van der Waals surface area contributed by atoms with Crippen molar-refractivity contribution in [3.63, 3.8) is 0 Å². The quantitative estimate of drug-likeness (QED) is 0.743. The summed E-state index contributed by atoms with van der Waals surface area (Å²) in [5.74, 6) is 0.113. The van der Waals surface area contributed by atoms with Crippen LogP contribution >= 0.6 is 11.3 Å². The van der Waals surface area contributed by atoms with Gasteiger partial charge in [-0.15, -0.1) is 11.3 Å². The highest BCUT2D eigenvalue weighted by atomic mass is 32.1. The highest BCUT2D eigenvalue weighted by molar-refractivity contribution is 7.09. The fraction of sp³-hybridized carbons (Fsp3) is 0.706. The zero-order valence-electron chi connectivity index (χ0n) is 14.2. The van der Waals surface area contributed by atoms with Gasteiger partial charge in [0.1, 0.15) is 5.01 Å². The summed E-state index contributed by atoms with van der Waals surface area (Å²) in [6.07, 6.45) is 6.32. The van der Waals surface area contributed by atoms with Crippen LogP contribution in [0.25, 0.3) is 0 Å². The van der Waals surface area contributed by atoms with Gasteiger partial charge in [-0.3, -0.25) is 4.79 Å². The molecule has 0 aliphatic heterocycles. The highest BCUT2D eigenvalue weighted by Crippen LogP contribution is 2.26. The molecule has 1 aromatic rings. The molecule has 1 saturated carbocycles. The van der Waals surface area contributed by atoms with Crippen LogP contribution in [0.4, 0.5) is 0 Å². The number of ether oxygens (including phenoxy) is 1. The van der Waals surface area contributed by atoms with Crippen LogP contribution in [0.1, 0.15) is 67.9 Å². The average Bonchev–Trinajstić information content (AvgIpc) is 3.00. The van der Waals surface area contributed by atoms with Crippen LogP contribution in [0.5, 0.6) is 0 Å². The number of carbonyl (C=O) groups excluding carboxylic acids is 2. The lowest BCUT2D eigenvalue weighted by Gasteiger charge is -2.34. The number of amides is 1. The molecule has 23 heavy (non-hydrogen) atoms. The van der Waals surface area contributed by atoms with E-state index in [4.69, 9.17) is 4.74 Å². The van der Waals surface area contributed by atoms with Crippen LogP contribution in [-0.2, 0) is 16.1 Å². The largest absolute Gasteiger partial charge is 0.464 e. The maximum Gasteiger partial charge on any atom is 0.357 e. The molecule has 1 aromatic heterocycles. The van der Waals surface area contributed by atoms with E-state index in [0.717, 1.165) is 17.8 Å². The Morgan fingerprint density at radius 3 is 2.65 bits per heavy atom.